The molecule has 0 saturated carbocycles. The van der Waals surface area contributed by atoms with Gasteiger partial charge < -0.3 is 10.2 Å². The summed E-state index contributed by atoms with van der Waals surface area (Å²) in [5, 5.41) is 2.67. The van der Waals surface area contributed by atoms with Crippen molar-refractivity contribution in [2.45, 2.75) is 33.4 Å². The Hall–Kier alpha value is -2.94. The predicted octanol–water partition coefficient (Wildman–Crippen LogP) is 2.45. The molecule has 0 heterocycles. The molecule has 2 aromatic rings. The van der Waals surface area contributed by atoms with Gasteiger partial charge in [-0.2, -0.15) is 0 Å². The molecule has 1 atom stereocenters. The average molecular weight is 450 g/mol. The lowest BCUT2D eigenvalue weighted by atomic mass is 10.1. The molecule has 7 nitrogen and oxygen atoms in total. The van der Waals surface area contributed by atoms with Crippen molar-refractivity contribution in [3.8, 4) is 0 Å². The Bertz CT molecular complexity index is 1010. The summed E-state index contributed by atoms with van der Waals surface area (Å²) in [4.78, 5) is 27.0. The van der Waals surface area contributed by atoms with Gasteiger partial charge in [-0.15, -0.1) is 0 Å². The maximum Gasteiger partial charge on any atom is 0.244 e. The van der Waals surface area contributed by atoms with Crippen LogP contribution in [0, 0.1) is 12.7 Å². The van der Waals surface area contributed by atoms with Gasteiger partial charge in [0.05, 0.1) is 11.9 Å². The standard InChI is InChI=1S/C22H28FN3O4S/c1-5-24-22(28)17(3)25(14-18-8-10-19(23)11-9-18)21(27)15-26(31(4,29)30)20-12-6-16(2)7-13-20/h6-13,17H,5,14-15H2,1-4H3,(H,24,28). The molecule has 31 heavy (non-hydrogen) atoms. The van der Waals surface area contributed by atoms with E-state index in [-0.39, 0.29) is 12.5 Å². The Balaban J connectivity index is 2.35. The van der Waals surface area contributed by atoms with Gasteiger partial charge in [0, 0.05) is 13.1 Å². The number of amides is 2. The Morgan fingerprint density at radius 2 is 1.65 bits per heavy atom. The molecule has 2 aromatic carbocycles. The SMILES string of the molecule is CCNC(=O)C(C)N(Cc1ccc(F)cc1)C(=O)CN(c1ccc(C)cc1)S(C)(=O)=O. The predicted molar refractivity (Wildman–Crippen MR) is 118 cm³/mol. The number of nitrogens with one attached hydrogen (secondary N) is 1. The van der Waals surface area contributed by atoms with Gasteiger partial charge in [-0.1, -0.05) is 29.8 Å². The minimum absolute atomic E-state index is 0.0307. The van der Waals surface area contributed by atoms with E-state index in [0.717, 1.165) is 16.1 Å². The first-order valence-corrected chi connectivity index (χ1v) is 11.7. The largest absolute Gasteiger partial charge is 0.355 e. The normalized spacial score (nSPS) is 12.2. The van der Waals surface area contributed by atoms with Crippen LogP contribution in [-0.2, 0) is 26.2 Å². The maximum atomic E-state index is 13.3. The smallest absolute Gasteiger partial charge is 0.244 e. The zero-order valence-corrected chi connectivity index (χ0v) is 18.9. The summed E-state index contributed by atoms with van der Waals surface area (Å²) in [6.07, 6.45) is 1.03. The molecule has 0 aliphatic heterocycles. The molecule has 168 valence electrons. The Kier molecular flexibility index (Phi) is 8.15. The average Bonchev–Trinajstić information content (AvgIpc) is 2.71. The molecular formula is C22H28FN3O4S. The number of nitrogens with zero attached hydrogens (tertiary/aromatic N) is 2. The third-order valence-corrected chi connectivity index (χ3v) is 5.93. The molecule has 0 aliphatic rings. The first-order valence-electron chi connectivity index (χ1n) is 9.89. The van der Waals surface area contributed by atoms with Gasteiger partial charge in [-0.3, -0.25) is 13.9 Å². The molecule has 1 unspecified atom stereocenters. The van der Waals surface area contributed by atoms with Crippen molar-refractivity contribution < 1.29 is 22.4 Å². The molecule has 9 heteroatoms. The van der Waals surface area contributed by atoms with E-state index in [0.29, 0.717) is 17.8 Å². The number of rotatable bonds is 9. The van der Waals surface area contributed by atoms with Crippen LogP contribution in [0.4, 0.5) is 10.1 Å². The number of hydrogen-bond donors (Lipinski definition) is 1. The fourth-order valence-electron chi connectivity index (χ4n) is 3.02. The number of sulfonamides is 1. The van der Waals surface area contributed by atoms with E-state index in [9.17, 15) is 22.4 Å². The third-order valence-electron chi connectivity index (χ3n) is 4.79. The third kappa shape index (κ3) is 6.78. The van der Waals surface area contributed by atoms with Crippen LogP contribution in [0.5, 0.6) is 0 Å². The van der Waals surface area contributed by atoms with E-state index >= 15 is 0 Å². The fourth-order valence-corrected chi connectivity index (χ4v) is 3.87. The zero-order chi connectivity index (χ0) is 23.2. The summed E-state index contributed by atoms with van der Waals surface area (Å²) in [5.74, 6) is -1.32. The van der Waals surface area contributed by atoms with Crippen molar-refractivity contribution in [2.75, 3.05) is 23.7 Å². The van der Waals surface area contributed by atoms with Gasteiger partial charge in [-0.05, 0) is 50.6 Å². The number of halogens is 1. The summed E-state index contributed by atoms with van der Waals surface area (Å²) in [5.41, 5.74) is 1.92. The van der Waals surface area contributed by atoms with Crippen molar-refractivity contribution in [2.24, 2.45) is 0 Å². The highest BCUT2D eigenvalue weighted by Crippen LogP contribution is 2.19. The molecule has 0 saturated heterocycles. The molecule has 0 bridgehead atoms. The van der Waals surface area contributed by atoms with E-state index in [4.69, 9.17) is 0 Å². The molecule has 0 spiro atoms. The van der Waals surface area contributed by atoms with Gasteiger partial charge >= 0.3 is 0 Å². The fraction of sp³-hybridized carbons (Fsp3) is 0.364. The Morgan fingerprint density at radius 3 is 2.16 bits per heavy atom. The van der Waals surface area contributed by atoms with Crippen molar-refractivity contribution in [1.82, 2.24) is 10.2 Å². The first kappa shape index (κ1) is 24.3. The van der Waals surface area contributed by atoms with Crippen molar-refractivity contribution in [1.29, 1.82) is 0 Å². The molecular weight excluding hydrogens is 421 g/mol. The van der Waals surface area contributed by atoms with Crippen LogP contribution in [-0.4, -0.2) is 50.5 Å². The summed E-state index contributed by atoms with van der Waals surface area (Å²) < 4.78 is 39.1. The van der Waals surface area contributed by atoms with Gasteiger partial charge in [0.25, 0.3) is 0 Å². The topological polar surface area (TPSA) is 86.8 Å². The van der Waals surface area contributed by atoms with Crippen molar-refractivity contribution in [3.63, 3.8) is 0 Å². The lowest BCUT2D eigenvalue weighted by molar-refractivity contribution is -0.139. The van der Waals surface area contributed by atoms with Crippen LogP contribution in [0.15, 0.2) is 48.5 Å². The number of likely N-dealkylation sites (N-methyl/N-ethyl adjacent to an activating group) is 1. The second kappa shape index (κ2) is 10.4. The van der Waals surface area contributed by atoms with Crippen LogP contribution in [0.3, 0.4) is 0 Å². The van der Waals surface area contributed by atoms with Crippen molar-refractivity contribution in [3.05, 3.63) is 65.5 Å². The molecule has 2 rings (SSSR count). The second-order valence-electron chi connectivity index (χ2n) is 7.32. The number of anilines is 1. The van der Waals surface area contributed by atoms with Crippen LogP contribution >= 0.6 is 0 Å². The van der Waals surface area contributed by atoms with Crippen LogP contribution < -0.4 is 9.62 Å². The molecule has 0 aliphatic carbocycles. The summed E-state index contributed by atoms with van der Waals surface area (Å²) in [6.45, 7) is 5.16. The molecule has 0 aromatic heterocycles. The Morgan fingerprint density at radius 1 is 1.06 bits per heavy atom. The summed E-state index contributed by atoms with van der Waals surface area (Å²) in [6, 6.07) is 11.5. The monoisotopic (exact) mass is 449 g/mol. The maximum absolute atomic E-state index is 13.3. The van der Waals surface area contributed by atoms with Gasteiger partial charge in [-0.25, -0.2) is 12.8 Å². The minimum Gasteiger partial charge on any atom is -0.355 e. The highest BCUT2D eigenvalue weighted by atomic mass is 32.2. The number of carbonyl (C=O) groups is 2. The lowest BCUT2D eigenvalue weighted by Crippen LogP contribution is -2.51. The molecule has 0 fully saturated rings. The van der Waals surface area contributed by atoms with E-state index in [1.54, 1.807) is 38.1 Å². The molecule has 1 N–H and O–H groups in total. The minimum atomic E-state index is -3.76. The first-order chi connectivity index (χ1) is 14.5. The zero-order valence-electron chi connectivity index (χ0n) is 18.1. The van der Waals surface area contributed by atoms with E-state index < -0.39 is 34.3 Å². The number of aryl methyl sites for hydroxylation is 1. The summed E-state index contributed by atoms with van der Waals surface area (Å²) in [7, 11) is -3.76. The van der Waals surface area contributed by atoms with Gasteiger partial charge in [0.1, 0.15) is 18.4 Å². The van der Waals surface area contributed by atoms with E-state index in [2.05, 4.69) is 5.32 Å². The molecule has 2 amide bonds. The highest BCUT2D eigenvalue weighted by molar-refractivity contribution is 7.92. The van der Waals surface area contributed by atoms with Crippen molar-refractivity contribution >= 4 is 27.5 Å². The lowest BCUT2D eigenvalue weighted by Gasteiger charge is -2.31. The quantitative estimate of drug-likeness (QED) is 0.637. The molecule has 0 radical (unpaired) electrons. The van der Waals surface area contributed by atoms with E-state index in [1.165, 1.54) is 29.2 Å². The van der Waals surface area contributed by atoms with Gasteiger partial charge in [0.2, 0.25) is 21.8 Å². The number of carbonyl (C=O) groups excluding carboxylic acids is 2. The van der Waals surface area contributed by atoms with Crippen LogP contribution in [0.1, 0.15) is 25.0 Å². The summed E-state index contributed by atoms with van der Waals surface area (Å²) >= 11 is 0. The highest BCUT2D eigenvalue weighted by Gasteiger charge is 2.29. The number of benzene rings is 2. The van der Waals surface area contributed by atoms with Crippen LogP contribution in [0.2, 0.25) is 0 Å². The van der Waals surface area contributed by atoms with Gasteiger partial charge in [0.15, 0.2) is 0 Å². The number of hydrogen-bond acceptors (Lipinski definition) is 4. The second-order valence-corrected chi connectivity index (χ2v) is 9.23. The Labute approximate surface area is 182 Å². The van der Waals surface area contributed by atoms with E-state index in [1.807, 2.05) is 6.92 Å². The van der Waals surface area contributed by atoms with Crippen LogP contribution in [0.25, 0.3) is 0 Å².